The number of carbonyl (C=O) groups is 1. The smallest absolute Gasteiger partial charge is 0.225 e. The molecule has 0 spiro atoms. The maximum absolute atomic E-state index is 12.2. The average molecular weight is 313 g/mol. The maximum Gasteiger partial charge on any atom is 0.225 e. The van der Waals surface area contributed by atoms with E-state index >= 15 is 0 Å². The molecule has 1 aliphatic heterocycles. The Morgan fingerprint density at radius 2 is 2.26 bits per heavy atom. The molecule has 6 heteroatoms. The first-order valence-corrected chi connectivity index (χ1v) is 8.23. The molecule has 1 saturated heterocycles. The monoisotopic (exact) mass is 313 g/mol. The van der Waals surface area contributed by atoms with Gasteiger partial charge in [0.1, 0.15) is 12.0 Å². The minimum Gasteiger partial charge on any atom is -0.343 e. The summed E-state index contributed by atoms with van der Waals surface area (Å²) >= 11 is 0. The zero-order valence-electron chi connectivity index (χ0n) is 13.7. The molecule has 0 saturated carbocycles. The van der Waals surface area contributed by atoms with Gasteiger partial charge in [0.05, 0.1) is 0 Å². The Kier molecular flexibility index (Phi) is 4.69. The molecule has 1 unspecified atom stereocenters. The van der Waals surface area contributed by atoms with Crippen molar-refractivity contribution in [2.45, 2.75) is 33.1 Å². The van der Waals surface area contributed by atoms with Gasteiger partial charge in [-0.2, -0.15) is 0 Å². The predicted molar refractivity (Wildman–Crippen MR) is 87.5 cm³/mol. The first-order valence-electron chi connectivity index (χ1n) is 8.23. The summed E-state index contributed by atoms with van der Waals surface area (Å²) in [6.07, 6.45) is 8.17. The number of hydrogen-bond acceptors (Lipinski definition) is 4. The number of nitrogens with zero attached hydrogens (tertiary/aromatic N) is 4. The molecule has 3 heterocycles. The third-order valence-electron chi connectivity index (χ3n) is 4.29. The van der Waals surface area contributed by atoms with Crippen LogP contribution in [0.4, 0.5) is 0 Å². The minimum absolute atomic E-state index is 0.0679. The summed E-state index contributed by atoms with van der Waals surface area (Å²) < 4.78 is 0. The number of piperidine rings is 1. The molecule has 0 bridgehead atoms. The topological polar surface area (TPSA) is 74.8 Å². The molecule has 1 amide bonds. The number of rotatable bonds is 4. The minimum atomic E-state index is 0.0679. The van der Waals surface area contributed by atoms with Crippen molar-refractivity contribution in [2.75, 3.05) is 13.1 Å². The van der Waals surface area contributed by atoms with Crippen LogP contribution in [0, 0.1) is 11.8 Å². The van der Waals surface area contributed by atoms with E-state index in [1.807, 2.05) is 24.8 Å². The van der Waals surface area contributed by atoms with Crippen molar-refractivity contribution >= 4 is 5.91 Å². The van der Waals surface area contributed by atoms with Gasteiger partial charge in [0, 0.05) is 37.1 Å². The van der Waals surface area contributed by atoms with E-state index in [1.165, 1.54) is 0 Å². The molecule has 1 atom stereocenters. The van der Waals surface area contributed by atoms with Gasteiger partial charge in [0.25, 0.3) is 0 Å². The van der Waals surface area contributed by atoms with E-state index in [4.69, 9.17) is 0 Å². The Hall–Kier alpha value is -2.24. The van der Waals surface area contributed by atoms with Crippen molar-refractivity contribution < 1.29 is 4.79 Å². The molecule has 1 aliphatic rings. The lowest BCUT2D eigenvalue weighted by Gasteiger charge is -2.33. The second-order valence-electron chi connectivity index (χ2n) is 6.48. The van der Waals surface area contributed by atoms with Crippen LogP contribution in [0.3, 0.4) is 0 Å². The Labute approximate surface area is 136 Å². The van der Waals surface area contributed by atoms with Gasteiger partial charge in [-0.05, 0) is 31.2 Å². The lowest BCUT2D eigenvalue weighted by atomic mass is 9.92. The van der Waals surface area contributed by atoms with Crippen molar-refractivity contribution in [3.8, 4) is 11.5 Å². The van der Waals surface area contributed by atoms with Gasteiger partial charge in [-0.3, -0.25) is 4.79 Å². The first kappa shape index (κ1) is 15.6. The predicted octanol–water partition coefficient (Wildman–Crippen LogP) is 2.30. The number of carbonyl (C=O) groups excluding carboxylic acids is 1. The zero-order chi connectivity index (χ0) is 16.2. The summed E-state index contributed by atoms with van der Waals surface area (Å²) in [7, 11) is 0. The summed E-state index contributed by atoms with van der Waals surface area (Å²) in [5.74, 6) is 1.55. The SMILES string of the molecule is CC(C)C(=O)N1CCCC(Cc2cc(-c3ncc[nH]3)ncn2)C1. The van der Waals surface area contributed by atoms with Gasteiger partial charge in [-0.25, -0.2) is 15.0 Å². The van der Waals surface area contributed by atoms with Gasteiger partial charge in [0.15, 0.2) is 5.82 Å². The van der Waals surface area contributed by atoms with Gasteiger partial charge < -0.3 is 9.88 Å². The fourth-order valence-electron chi connectivity index (χ4n) is 3.14. The van der Waals surface area contributed by atoms with Crippen molar-refractivity contribution in [2.24, 2.45) is 11.8 Å². The van der Waals surface area contributed by atoms with Crippen LogP contribution in [-0.4, -0.2) is 43.8 Å². The summed E-state index contributed by atoms with van der Waals surface area (Å²) in [6.45, 7) is 5.64. The molecule has 1 N–H and O–H groups in total. The van der Waals surface area contributed by atoms with Crippen molar-refractivity contribution in [1.29, 1.82) is 0 Å². The molecule has 23 heavy (non-hydrogen) atoms. The van der Waals surface area contributed by atoms with Crippen LogP contribution in [0.5, 0.6) is 0 Å². The second-order valence-corrected chi connectivity index (χ2v) is 6.48. The summed E-state index contributed by atoms with van der Waals surface area (Å²) in [5.41, 5.74) is 1.82. The van der Waals surface area contributed by atoms with Crippen molar-refractivity contribution in [3.05, 3.63) is 30.5 Å². The van der Waals surface area contributed by atoms with E-state index in [-0.39, 0.29) is 11.8 Å². The Morgan fingerprint density at radius 3 is 3.00 bits per heavy atom. The number of H-pyrrole nitrogens is 1. The Balaban J connectivity index is 1.67. The van der Waals surface area contributed by atoms with Gasteiger partial charge in [-0.1, -0.05) is 13.8 Å². The average Bonchev–Trinajstić information content (AvgIpc) is 3.09. The third kappa shape index (κ3) is 3.75. The van der Waals surface area contributed by atoms with Crippen LogP contribution >= 0.6 is 0 Å². The highest BCUT2D eigenvalue weighted by Crippen LogP contribution is 2.22. The molecule has 1 fully saturated rings. The summed E-state index contributed by atoms with van der Waals surface area (Å²) in [4.78, 5) is 30.2. The first-order chi connectivity index (χ1) is 11.1. The van der Waals surface area contributed by atoms with Crippen LogP contribution in [0.1, 0.15) is 32.4 Å². The molecule has 0 aliphatic carbocycles. The fraction of sp³-hybridized carbons (Fsp3) is 0.529. The second kappa shape index (κ2) is 6.89. The molecule has 0 aromatic carbocycles. The normalized spacial score (nSPS) is 18.4. The van der Waals surface area contributed by atoms with E-state index in [0.717, 1.165) is 49.6 Å². The largest absolute Gasteiger partial charge is 0.343 e. The lowest BCUT2D eigenvalue weighted by Crippen LogP contribution is -2.42. The van der Waals surface area contributed by atoms with Crippen LogP contribution in [0.2, 0.25) is 0 Å². The molecular weight excluding hydrogens is 290 g/mol. The van der Waals surface area contributed by atoms with Gasteiger partial charge >= 0.3 is 0 Å². The number of aromatic amines is 1. The molecule has 6 nitrogen and oxygen atoms in total. The number of imidazole rings is 1. The number of likely N-dealkylation sites (tertiary alicyclic amines) is 1. The molecule has 2 aromatic heterocycles. The van der Waals surface area contributed by atoms with E-state index in [1.54, 1.807) is 18.7 Å². The molecule has 122 valence electrons. The van der Waals surface area contributed by atoms with E-state index in [9.17, 15) is 4.79 Å². The zero-order valence-corrected chi connectivity index (χ0v) is 13.7. The highest BCUT2D eigenvalue weighted by Gasteiger charge is 2.25. The number of hydrogen-bond donors (Lipinski definition) is 1. The third-order valence-corrected chi connectivity index (χ3v) is 4.29. The van der Waals surface area contributed by atoms with Crippen LogP contribution < -0.4 is 0 Å². The number of nitrogens with one attached hydrogen (secondary N) is 1. The quantitative estimate of drug-likeness (QED) is 0.940. The molecular formula is C17H23N5O. The highest BCUT2D eigenvalue weighted by atomic mass is 16.2. The van der Waals surface area contributed by atoms with Crippen LogP contribution in [-0.2, 0) is 11.2 Å². The lowest BCUT2D eigenvalue weighted by molar-refractivity contribution is -0.136. The fourth-order valence-corrected chi connectivity index (χ4v) is 3.14. The van der Waals surface area contributed by atoms with Crippen LogP contribution in [0.25, 0.3) is 11.5 Å². The van der Waals surface area contributed by atoms with Gasteiger partial charge in [-0.15, -0.1) is 0 Å². The Bertz CT molecular complexity index is 653. The molecule has 3 rings (SSSR count). The van der Waals surface area contributed by atoms with Gasteiger partial charge in [0.2, 0.25) is 5.91 Å². The van der Waals surface area contributed by atoms with Crippen molar-refractivity contribution in [3.63, 3.8) is 0 Å². The van der Waals surface area contributed by atoms with E-state index in [0.29, 0.717) is 5.92 Å². The standard InChI is InChI=1S/C17H23N5O/c1-12(2)17(23)22-7-3-4-13(10-22)8-14-9-15(21-11-20-14)16-18-5-6-19-16/h5-6,9,11-13H,3-4,7-8,10H2,1-2H3,(H,18,19). The van der Waals surface area contributed by atoms with E-state index < -0.39 is 0 Å². The highest BCUT2D eigenvalue weighted by molar-refractivity contribution is 5.78. The van der Waals surface area contributed by atoms with E-state index in [2.05, 4.69) is 19.9 Å². The number of amides is 1. The Morgan fingerprint density at radius 1 is 1.39 bits per heavy atom. The molecule has 0 radical (unpaired) electrons. The molecule has 2 aromatic rings. The number of aromatic nitrogens is 4. The maximum atomic E-state index is 12.2. The van der Waals surface area contributed by atoms with Crippen molar-refractivity contribution in [1.82, 2.24) is 24.8 Å². The summed E-state index contributed by atoms with van der Waals surface area (Å²) in [6, 6.07) is 1.99. The van der Waals surface area contributed by atoms with Crippen LogP contribution in [0.15, 0.2) is 24.8 Å². The summed E-state index contributed by atoms with van der Waals surface area (Å²) in [5, 5.41) is 0.